The van der Waals surface area contributed by atoms with Crippen molar-refractivity contribution in [2.24, 2.45) is 0 Å². The van der Waals surface area contributed by atoms with E-state index in [2.05, 4.69) is 6.07 Å². The van der Waals surface area contributed by atoms with Crippen LogP contribution in [-0.2, 0) is 0 Å². The molecule has 0 atom stereocenters. The molecule has 0 unspecified atom stereocenters. The van der Waals surface area contributed by atoms with E-state index in [4.69, 9.17) is 10.00 Å². The topological polar surface area (TPSA) is 33.0 Å². The minimum Gasteiger partial charge on any atom is -0.496 e. The quantitative estimate of drug-likeness (QED) is 0.788. The number of nitrogens with zero attached hydrogens (tertiary/aromatic N) is 1. The fraction of sp³-hybridized carbons (Fsp3) is 0.154. The van der Waals surface area contributed by atoms with Gasteiger partial charge in [0, 0.05) is 10.9 Å². The fourth-order valence-corrected chi connectivity index (χ4v) is 2.44. The molecule has 3 heteroatoms. The van der Waals surface area contributed by atoms with Gasteiger partial charge in [-0.15, -0.1) is 0 Å². The maximum absolute atomic E-state index is 8.97. The molecule has 1 heterocycles. The number of nitriles is 1. The Labute approximate surface area is 98.7 Å². The number of aryl methyl sites for hydroxylation is 1. The number of ether oxygens (including phenoxy) is 1. The van der Waals surface area contributed by atoms with Gasteiger partial charge in [-0.3, -0.25) is 0 Å². The number of benzene rings is 1. The van der Waals surface area contributed by atoms with Gasteiger partial charge in [-0.2, -0.15) is 16.6 Å². The van der Waals surface area contributed by atoms with E-state index >= 15 is 0 Å². The minimum absolute atomic E-state index is 0.731. The summed E-state index contributed by atoms with van der Waals surface area (Å²) >= 11 is 1.55. The Balaban J connectivity index is 2.50. The summed E-state index contributed by atoms with van der Waals surface area (Å²) in [6.07, 6.45) is 0. The molecule has 80 valence electrons. The fourth-order valence-electron chi connectivity index (χ4n) is 1.65. The van der Waals surface area contributed by atoms with Crippen molar-refractivity contribution in [1.82, 2.24) is 0 Å². The first-order valence-corrected chi connectivity index (χ1v) is 5.82. The van der Waals surface area contributed by atoms with Crippen LogP contribution in [0.25, 0.3) is 11.1 Å². The maximum atomic E-state index is 8.97. The smallest absolute Gasteiger partial charge is 0.121 e. The monoisotopic (exact) mass is 229 g/mol. The molecule has 0 aliphatic rings. The lowest BCUT2D eigenvalue weighted by Crippen LogP contribution is -1.87. The zero-order chi connectivity index (χ0) is 11.5. The van der Waals surface area contributed by atoms with E-state index in [1.807, 2.05) is 35.9 Å². The first-order valence-electron chi connectivity index (χ1n) is 4.87. The zero-order valence-corrected chi connectivity index (χ0v) is 9.97. The van der Waals surface area contributed by atoms with Crippen LogP contribution in [0.15, 0.2) is 29.0 Å². The van der Waals surface area contributed by atoms with Crippen LogP contribution in [-0.4, -0.2) is 7.11 Å². The van der Waals surface area contributed by atoms with Crippen LogP contribution in [0.3, 0.4) is 0 Å². The second-order valence-electron chi connectivity index (χ2n) is 3.50. The Bertz CT molecular complexity index is 551. The van der Waals surface area contributed by atoms with Crippen LogP contribution in [0.1, 0.15) is 11.1 Å². The van der Waals surface area contributed by atoms with Crippen LogP contribution in [0.4, 0.5) is 0 Å². The predicted molar refractivity (Wildman–Crippen MR) is 65.8 cm³/mol. The summed E-state index contributed by atoms with van der Waals surface area (Å²) in [7, 11) is 1.66. The summed E-state index contributed by atoms with van der Waals surface area (Å²) in [5, 5.41) is 12.8. The predicted octanol–water partition coefficient (Wildman–Crippen LogP) is 3.60. The summed E-state index contributed by atoms with van der Waals surface area (Å²) in [5.41, 5.74) is 3.87. The Morgan fingerprint density at radius 2 is 2.12 bits per heavy atom. The van der Waals surface area contributed by atoms with Crippen LogP contribution < -0.4 is 4.74 Å². The molecule has 16 heavy (non-hydrogen) atoms. The summed E-state index contributed by atoms with van der Waals surface area (Å²) in [6, 6.07) is 8.16. The molecule has 1 aromatic carbocycles. The molecule has 0 fully saturated rings. The largest absolute Gasteiger partial charge is 0.496 e. The number of thiophene rings is 1. The molecule has 0 bridgehead atoms. The van der Waals surface area contributed by atoms with E-state index in [0.717, 1.165) is 28.0 Å². The Hall–Kier alpha value is -1.79. The molecule has 0 spiro atoms. The van der Waals surface area contributed by atoms with Gasteiger partial charge in [0.15, 0.2) is 0 Å². The third kappa shape index (κ3) is 1.80. The highest BCUT2D eigenvalue weighted by Gasteiger charge is 2.07. The second kappa shape index (κ2) is 4.38. The van der Waals surface area contributed by atoms with Crippen molar-refractivity contribution in [3.63, 3.8) is 0 Å². The van der Waals surface area contributed by atoms with E-state index in [9.17, 15) is 0 Å². The summed E-state index contributed by atoms with van der Waals surface area (Å²) < 4.78 is 5.21. The normalized spacial score (nSPS) is 9.81. The van der Waals surface area contributed by atoms with Gasteiger partial charge in [0.2, 0.25) is 0 Å². The van der Waals surface area contributed by atoms with Gasteiger partial charge in [0.1, 0.15) is 11.8 Å². The molecule has 0 amide bonds. The van der Waals surface area contributed by atoms with Gasteiger partial charge >= 0.3 is 0 Å². The number of hydrogen-bond acceptors (Lipinski definition) is 3. The van der Waals surface area contributed by atoms with Crippen molar-refractivity contribution in [3.8, 4) is 22.9 Å². The van der Waals surface area contributed by atoms with E-state index in [1.165, 1.54) is 0 Å². The lowest BCUT2D eigenvalue weighted by Gasteiger charge is -2.06. The molecule has 2 aromatic rings. The van der Waals surface area contributed by atoms with Gasteiger partial charge in [0.05, 0.1) is 12.7 Å². The van der Waals surface area contributed by atoms with E-state index in [1.54, 1.807) is 18.4 Å². The molecule has 0 aliphatic carbocycles. The third-order valence-corrected chi connectivity index (χ3v) is 3.23. The lowest BCUT2D eigenvalue weighted by atomic mass is 10.0. The van der Waals surface area contributed by atoms with E-state index in [0.29, 0.717) is 0 Å². The summed E-state index contributed by atoms with van der Waals surface area (Å²) in [6.45, 7) is 2.00. The standard InChI is InChI=1S/C13H11NOS/c1-9-5-10(3-4-13(9)15-2)12-8-16-7-11(12)6-14/h3-5,7-8H,1-2H3. The Kier molecular flexibility index (Phi) is 2.93. The SMILES string of the molecule is COc1ccc(-c2cscc2C#N)cc1C. The van der Waals surface area contributed by atoms with Crippen LogP contribution >= 0.6 is 11.3 Å². The van der Waals surface area contributed by atoms with Crippen LogP contribution in [0, 0.1) is 18.3 Å². The molecule has 0 radical (unpaired) electrons. The molecule has 0 saturated heterocycles. The Morgan fingerprint density at radius 1 is 1.31 bits per heavy atom. The van der Waals surface area contributed by atoms with Crippen molar-refractivity contribution in [2.45, 2.75) is 6.92 Å². The first-order chi connectivity index (χ1) is 7.76. The molecular formula is C13H11NOS. The maximum Gasteiger partial charge on any atom is 0.121 e. The molecule has 0 saturated carbocycles. The Morgan fingerprint density at radius 3 is 2.75 bits per heavy atom. The van der Waals surface area contributed by atoms with E-state index in [-0.39, 0.29) is 0 Å². The van der Waals surface area contributed by atoms with E-state index < -0.39 is 0 Å². The average molecular weight is 229 g/mol. The molecule has 1 aromatic heterocycles. The van der Waals surface area contributed by atoms with Crippen molar-refractivity contribution >= 4 is 11.3 Å². The van der Waals surface area contributed by atoms with Gasteiger partial charge < -0.3 is 4.74 Å². The zero-order valence-electron chi connectivity index (χ0n) is 9.15. The summed E-state index contributed by atoms with van der Waals surface area (Å²) in [4.78, 5) is 0. The molecule has 0 aliphatic heterocycles. The summed E-state index contributed by atoms with van der Waals surface area (Å²) in [5.74, 6) is 0.873. The van der Waals surface area contributed by atoms with Gasteiger partial charge in [0.25, 0.3) is 0 Å². The minimum atomic E-state index is 0.731. The lowest BCUT2D eigenvalue weighted by molar-refractivity contribution is 0.412. The van der Waals surface area contributed by atoms with Gasteiger partial charge in [-0.1, -0.05) is 6.07 Å². The van der Waals surface area contributed by atoms with Crippen molar-refractivity contribution < 1.29 is 4.74 Å². The van der Waals surface area contributed by atoms with Crippen LogP contribution in [0.5, 0.6) is 5.75 Å². The highest BCUT2D eigenvalue weighted by Crippen LogP contribution is 2.30. The highest BCUT2D eigenvalue weighted by atomic mass is 32.1. The molecule has 2 nitrogen and oxygen atoms in total. The van der Waals surface area contributed by atoms with Gasteiger partial charge in [-0.05, 0) is 35.6 Å². The molecule has 0 N–H and O–H groups in total. The molecular weight excluding hydrogens is 218 g/mol. The average Bonchev–Trinajstić information content (AvgIpc) is 2.77. The molecule has 2 rings (SSSR count). The van der Waals surface area contributed by atoms with Gasteiger partial charge in [-0.25, -0.2) is 0 Å². The first kappa shape index (κ1) is 10.7. The third-order valence-electron chi connectivity index (χ3n) is 2.49. The second-order valence-corrected chi connectivity index (χ2v) is 4.24. The number of methoxy groups -OCH3 is 1. The van der Waals surface area contributed by atoms with Crippen molar-refractivity contribution in [1.29, 1.82) is 5.26 Å². The van der Waals surface area contributed by atoms with Crippen LogP contribution in [0.2, 0.25) is 0 Å². The van der Waals surface area contributed by atoms with Crippen molar-refractivity contribution in [3.05, 3.63) is 40.1 Å². The highest BCUT2D eigenvalue weighted by molar-refractivity contribution is 7.08. The number of hydrogen-bond donors (Lipinski definition) is 0. The number of rotatable bonds is 2. The van der Waals surface area contributed by atoms with Crippen molar-refractivity contribution in [2.75, 3.05) is 7.11 Å².